The van der Waals surface area contributed by atoms with Gasteiger partial charge in [0.05, 0.1) is 11.2 Å². The molecule has 0 bridgehead atoms. The lowest BCUT2D eigenvalue weighted by atomic mass is 9.89. The topological polar surface area (TPSA) is 28.2 Å². The molecule has 0 radical (unpaired) electrons. The highest BCUT2D eigenvalue weighted by atomic mass is 32.1. The van der Waals surface area contributed by atoms with Crippen LogP contribution >= 0.6 is 11.3 Å². The smallest absolute Gasteiger partial charge is 0.113 e. The van der Waals surface area contributed by atoms with E-state index in [1.54, 1.807) is 4.88 Å². The molecule has 1 aliphatic carbocycles. The van der Waals surface area contributed by atoms with Gasteiger partial charge in [0.25, 0.3) is 0 Å². The van der Waals surface area contributed by atoms with Crippen LogP contribution in [-0.4, -0.2) is 36.1 Å². The van der Waals surface area contributed by atoms with E-state index in [0.29, 0.717) is 0 Å². The van der Waals surface area contributed by atoms with Crippen LogP contribution in [0.1, 0.15) is 49.2 Å². The van der Waals surface area contributed by atoms with Gasteiger partial charge in [0.2, 0.25) is 0 Å². The first-order chi connectivity index (χ1) is 9.61. The first kappa shape index (κ1) is 14.5. The lowest BCUT2D eigenvalue weighted by molar-refractivity contribution is 0.102. The monoisotopic (exact) mass is 293 g/mol. The molecule has 3 rings (SSSR count). The molecule has 0 spiro atoms. The van der Waals surface area contributed by atoms with E-state index in [9.17, 15) is 0 Å². The minimum absolute atomic E-state index is 0.0891. The van der Waals surface area contributed by atoms with Crippen molar-refractivity contribution in [1.82, 2.24) is 15.2 Å². The van der Waals surface area contributed by atoms with Crippen molar-refractivity contribution < 1.29 is 0 Å². The average molecular weight is 293 g/mol. The number of aromatic nitrogens is 1. The highest BCUT2D eigenvalue weighted by molar-refractivity contribution is 7.11. The van der Waals surface area contributed by atoms with Crippen LogP contribution in [0.3, 0.4) is 0 Å². The Labute approximate surface area is 126 Å². The Balaban J connectivity index is 1.81. The fourth-order valence-corrected chi connectivity index (χ4v) is 4.77. The van der Waals surface area contributed by atoms with E-state index in [2.05, 4.69) is 31.0 Å². The SMILES string of the molecule is CCC1CCc2nc(C(C)(C)N3CCNCC3)sc2C1. The molecule has 0 amide bonds. The summed E-state index contributed by atoms with van der Waals surface area (Å²) >= 11 is 1.98. The highest BCUT2D eigenvalue weighted by Gasteiger charge is 2.34. The van der Waals surface area contributed by atoms with Gasteiger partial charge in [-0.15, -0.1) is 11.3 Å². The molecule has 1 unspecified atom stereocenters. The van der Waals surface area contributed by atoms with Crippen LogP contribution in [0.15, 0.2) is 0 Å². The van der Waals surface area contributed by atoms with E-state index in [1.165, 1.54) is 36.4 Å². The van der Waals surface area contributed by atoms with Gasteiger partial charge >= 0.3 is 0 Å². The van der Waals surface area contributed by atoms with Gasteiger partial charge in [0, 0.05) is 31.1 Å². The Morgan fingerprint density at radius 3 is 2.80 bits per heavy atom. The molecular weight excluding hydrogens is 266 g/mol. The summed E-state index contributed by atoms with van der Waals surface area (Å²) in [5, 5.41) is 4.78. The zero-order valence-electron chi connectivity index (χ0n) is 13.0. The van der Waals surface area contributed by atoms with Gasteiger partial charge in [-0.05, 0) is 39.0 Å². The second-order valence-corrected chi connectivity index (χ2v) is 7.79. The Morgan fingerprint density at radius 1 is 1.35 bits per heavy atom. The number of piperazine rings is 1. The number of rotatable bonds is 3. The second-order valence-electron chi connectivity index (χ2n) is 6.70. The standard InChI is InChI=1S/C16H27N3S/c1-4-12-5-6-13-14(11-12)20-15(18-13)16(2,3)19-9-7-17-8-10-19/h12,17H,4-11H2,1-3H3. The van der Waals surface area contributed by atoms with Crippen molar-refractivity contribution in [3.8, 4) is 0 Å². The van der Waals surface area contributed by atoms with Crippen LogP contribution in [0.5, 0.6) is 0 Å². The van der Waals surface area contributed by atoms with Gasteiger partial charge in [-0.2, -0.15) is 0 Å². The summed E-state index contributed by atoms with van der Waals surface area (Å²) in [4.78, 5) is 9.18. The number of nitrogens with zero attached hydrogens (tertiary/aromatic N) is 2. The fourth-order valence-electron chi connectivity index (χ4n) is 3.41. The third-order valence-corrected chi connectivity index (χ3v) is 6.48. The molecule has 1 aromatic heterocycles. The van der Waals surface area contributed by atoms with Crippen molar-refractivity contribution in [3.63, 3.8) is 0 Å². The summed E-state index contributed by atoms with van der Waals surface area (Å²) in [7, 11) is 0. The average Bonchev–Trinajstić information content (AvgIpc) is 2.91. The molecule has 2 aliphatic rings. The quantitative estimate of drug-likeness (QED) is 0.929. The summed E-state index contributed by atoms with van der Waals surface area (Å²) in [6, 6.07) is 0. The largest absolute Gasteiger partial charge is 0.314 e. The molecule has 1 N–H and O–H groups in total. The lowest BCUT2D eigenvalue weighted by Gasteiger charge is -2.39. The molecule has 2 heterocycles. The first-order valence-corrected chi connectivity index (χ1v) is 8.87. The van der Waals surface area contributed by atoms with Crippen molar-refractivity contribution >= 4 is 11.3 Å². The molecule has 0 saturated carbocycles. The molecule has 4 heteroatoms. The van der Waals surface area contributed by atoms with Crippen LogP contribution < -0.4 is 5.32 Å². The normalized spacial score (nSPS) is 24.6. The number of aryl methyl sites for hydroxylation is 1. The zero-order chi connectivity index (χ0) is 14.2. The number of hydrogen-bond donors (Lipinski definition) is 1. The third kappa shape index (κ3) is 2.66. The first-order valence-electron chi connectivity index (χ1n) is 8.06. The second kappa shape index (κ2) is 5.74. The van der Waals surface area contributed by atoms with Gasteiger partial charge in [-0.25, -0.2) is 4.98 Å². The molecule has 112 valence electrons. The number of nitrogens with one attached hydrogen (secondary N) is 1. The Bertz CT molecular complexity index is 460. The van der Waals surface area contributed by atoms with E-state index >= 15 is 0 Å². The van der Waals surface area contributed by atoms with Gasteiger partial charge in [0.1, 0.15) is 5.01 Å². The van der Waals surface area contributed by atoms with Crippen LogP contribution in [0.2, 0.25) is 0 Å². The fraction of sp³-hybridized carbons (Fsp3) is 0.812. The van der Waals surface area contributed by atoms with Crippen molar-refractivity contribution in [3.05, 3.63) is 15.6 Å². The van der Waals surface area contributed by atoms with Gasteiger partial charge < -0.3 is 5.32 Å². The van der Waals surface area contributed by atoms with Crippen molar-refractivity contribution in [2.75, 3.05) is 26.2 Å². The molecule has 1 aromatic rings. The molecule has 1 atom stereocenters. The van der Waals surface area contributed by atoms with E-state index in [0.717, 1.165) is 32.1 Å². The predicted octanol–water partition coefficient (Wildman–Crippen LogP) is 2.80. The van der Waals surface area contributed by atoms with Gasteiger partial charge in [-0.1, -0.05) is 13.3 Å². The summed E-state index contributed by atoms with van der Waals surface area (Å²) < 4.78 is 0. The molecule has 0 aromatic carbocycles. The van der Waals surface area contributed by atoms with E-state index in [4.69, 9.17) is 4.98 Å². The Morgan fingerprint density at radius 2 is 2.10 bits per heavy atom. The Kier molecular flexibility index (Phi) is 4.16. The van der Waals surface area contributed by atoms with Crippen LogP contribution in [0, 0.1) is 5.92 Å². The molecule has 20 heavy (non-hydrogen) atoms. The van der Waals surface area contributed by atoms with Gasteiger partial charge in [-0.3, -0.25) is 4.90 Å². The summed E-state index contributed by atoms with van der Waals surface area (Å²) in [5.74, 6) is 0.887. The molecule has 1 saturated heterocycles. The summed E-state index contributed by atoms with van der Waals surface area (Å²) in [6.45, 7) is 11.5. The Hall–Kier alpha value is -0.450. The minimum Gasteiger partial charge on any atom is -0.314 e. The maximum absolute atomic E-state index is 5.02. The van der Waals surface area contributed by atoms with Gasteiger partial charge in [0.15, 0.2) is 0 Å². The highest BCUT2D eigenvalue weighted by Crippen LogP contribution is 2.37. The van der Waals surface area contributed by atoms with Crippen LogP contribution in [-0.2, 0) is 18.4 Å². The van der Waals surface area contributed by atoms with Crippen LogP contribution in [0.25, 0.3) is 0 Å². The lowest BCUT2D eigenvalue weighted by Crippen LogP contribution is -2.51. The van der Waals surface area contributed by atoms with Crippen molar-refractivity contribution in [2.45, 2.75) is 52.0 Å². The maximum Gasteiger partial charge on any atom is 0.113 e. The zero-order valence-corrected chi connectivity index (χ0v) is 13.9. The molecule has 3 nitrogen and oxygen atoms in total. The van der Waals surface area contributed by atoms with Crippen molar-refractivity contribution in [1.29, 1.82) is 0 Å². The number of hydrogen-bond acceptors (Lipinski definition) is 4. The summed E-state index contributed by atoms with van der Waals surface area (Å²) in [6.07, 6.45) is 5.11. The molecule has 1 fully saturated rings. The number of fused-ring (bicyclic) bond motifs is 1. The summed E-state index contributed by atoms with van der Waals surface area (Å²) in [5.41, 5.74) is 1.49. The minimum atomic E-state index is 0.0891. The van der Waals surface area contributed by atoms with Crippen molar-refractivity contribution in [2.24, 2.45) is 5.92 Å². The molecule has 1 aliphatic heterocycles. The maximum atomic E-state index is 5.02. The van der Waals surface area contributed by atoms with E-state index in [-0.39, 0.29) is 5.54 Å². The number of thiazole rings is 1. The third-order valence-electron chi connectivity index (χ3n) is 5.05. The van der Waals surface area contributed by atoms with Crippen LogP contribution in [0.4, 0.5) is 0 Å². The van der Waals surface area contributed by atoms with E-state index in [1.807, 2.05) is 11.3 Å². The van der Waals surface area contributed by atoms with E-state index < -0.39 is 0 Å². The molecular formula is C16H27N3S. The predicted molar refractivity (Wildman–Crippen MR) is 85.4 cm³/mol.